The number of hydrogen-bond acceptors (Lipinski definition) is 5. The molecule has 7 heteroatoms. The number of carbonyl (C=O) groups is 2. The quantitative estimate of drug-likeness (QED) is 0.720. The molecule has 0 atom stereocenters. The molecule has 0 radical (unpaired) electrons. The smallest absolute Gasteiger partial charge is 0.339 e. The van der Waals surface area contributed by atoms with Gasteiger partial charge in [0.2, 0.25) is 5.91 Å². The average Bonchev–Trinajstić information content (AvgIpc) is 3.31. The summed E-state index contributed by atoms with van der Waals surface area (Å²) in [5.41, 5.74) is -0.209. The van der Waals surface area contributed by atoms with E-state index in [2.05, 4.69) is 21.5 Å². The standard InChI is InChI=1S/C16H17N3O4/c1-3-4-9-16(18-19-16)10-8-13(20)17-12-7-5-6-11(15(21)22)14(12)23-2/h1,5-7H,4,8-10H2,2H3,(H,17,20)(H,21,22). The minimum absolute atomic E-state index is 0.0111. The first-order chi connectivity index (χ1) is 11.0. The largest absolute Gasteiger partial charge is 0.494 e. The molecule has 23 heavy (non-hydrogen) atoms. The molecule has 2 N–H and O–H groups in total. The second-order valence-corrected chi connectivity index (χ2v) is 5.13. The van der Waals surface area contributed by atoms with E-state index in [1.807, 2.05) is 0 Å². The van der Waals surface area contributed by atoms with Crippen LogP contribution in [0, 0.1) is 12.3 Å². The number of ether oxygens (including phenoxy) is 1. The van der Waals surface area contributed by atoms with Crippen LogP contribution >= 0.6 is 0 Å². The van der Waals surface area contributed by atoms with E-state index in [0.29, 0.717) is 24.9 Å². The molecule has 1 heterocycles. The number of carboxylic acid groups (broad SMARTS) is 1. The molecule has 7 nitrogen and oxygen atoms in total. The Morgan fingerprint density at radius 1 is 1.39 bits per heavy atom. The van der Waals surface area contributed by atoms with Crippen molar-refractivity contribution in [1.82, 2.24) is 0 Å². The second kappa shape index (κ2) is 6.92. The van der Waals surface area contributed by atoms with E-state index in [-0.39, 0.29) is 23.6 Å². The van der Waals surface area contributed by atoms with Crippen molar-refractivity contribution in [2.75, 3.05) is 12.4 Å². The maximum Gasteiger partial charge on any atom is 0.339 e. The highest BCUT2D eigenvalue weighted by Gasteiger charge is 2.39. The summed E-state index contributed by atoms with van der Waals surface area (Å²) >= 11 is 0. The van der Waals surface area contributed by atoms with E-state index in [0.717, 1.165) is 0 Å². The number of amides is 1. The number of para-hydroxylation sites is 1. The number of anilines is 1. The molecule has 0 aromatic heterocycles. The molecule has 120 valence electrons. The fourth-order valence-corrected chi connectivity index (χ4v) is 2.22. The summed E-state index contributed by atoms with van der Waals surface area (Å²) in [4.78, 5) is 23.2. The highest BCUT2D eigenvalue weighted by molar-refractivity contribution is 5.98. The number of methoxy groups -OCH3 is 1. The predicted molar refractivity (Wildman–Crippen MR) is 83.5 cm³/mol. The van der Waals surface area contributed by atoms with E-state index in [4.69, 9.17) is 16.3 Å². The molecular weight excluding hydrogens is 298 g/mol. The minimum Gasteiger partial charge on any atom is -0.494 e. The van der Waals surface area contributed by atoms with Gasteiger partial charge in [0.05, 0.1) is 12.8 Å². The summed E-state index contributed by atoms with van der Waals surface area (Å²) in [6.07, 6.45) is 7.09. The molecule has 0 unspecified atom stereocenters. The van der Waals surface area contributed by atoms with Crippen LogP contribution in [-0.2, 0) is 4.79 Å². The molecule has 1 aromatic rings. The molecule has 0 spiro atoms. The van der Waals surface area contributed by atoms with Crippen LogP contribution in [0.5, 0.6) is 5.75 Å². The van der Waals surface area contributed by atoms with E-state index < -0.39 is 11.6 Å². The third-order valence-electron chi connectivity index (χ3n) is 3.53. The molecule has 1 amide bonds. The van der Waals surface area contributed by atoms with Crippen LogP contribution in [0.1, 0.15) is 36.0 Å². The SMILES string of the molecule is C#CCCC1(CCC(=O)Nc2cccc(C(=O)O)c2OC)N=N1. The molecule has 1 aromatic carbocycles. The monoisotopic (exact) mass is 315 g/mol. The van der Waals surface area contributed by atoms with Crippen LogP contribution in [0.4, 0.5) is 5.69 Å². The number of carbonyl (C=O) groups excluding carboxylic acids is 1. The van der Waals surface area contributed by atoms with Crippen LogP contribution in [0.3, 0.4) is 0 Å². The zero-order chi connectivity index (χ0) is 16.9. The first kappa shape index (κ1) is 16.5. The summed E-state index contributed by atoms with van der Waals surface area (Å²) in [6.45, 7) is 0. The predicted octanol–water partition coefficient (Wildman–Crippen LogP) is 2.69. The van der Waals surface area contributed by atoms with E-state index in [9.17, 15) is 9.59 Å². The van der Waals surface area contributed by atoms with Gasteiger partial charge in [0.1, 0.15) is 5.56 Å². The van der Waals surface area contributed by atoms with Crippen LogP contribution in [0.2, 0.25) is 0 Å². The highest BCUT2D eigenvalue weighted by atomic mass is 16.5. The molecule has 0 saturated heterocycles. The zero-order valence-corrected chi connectivity index (χ0v) is 12.7. The van der Waals surface area contributed by atoms with E-state index >= 15 is 0 Å². The van der Waals surface area contributed by atoms with E-state index in [1.54, 1.807) is 12.1 Å². The molecule has 0 bridgehead atoms. The van der Waals surface area contributed by atoms with Gasteiger partial charge in [0, 0.05) is 25.7 Å². The van der Waals surface area contributed by atoms with Gasteiger partial charge in [-0.25, -0.2) is 4.79 Å². The number of rotatable bonds is 8. The van der Waals surface area contributed by atoms with Crippen molar-refractivity contribution in [1.29, 1.82) is 0 Å². The van der Waals surface area contributed by atoms with Crippen molar-refractivity contribution in [3.05, 3.63) is 23.8 Å². The number of nitrogens with zero attached hydrogens (tertiary/aromatic N) is 2. The zero-order valence-electron chi connectivity index (χ0n) is 12.7. The van der Waals surface area contributed by atoms with Crippen molar-refractivity contribution in [3.63, 3.8) is 0 Å². The second-order valence-electron chi connectivity index (χ2n) is 5.13. The number of aromatic carboxylic acids is 1. The summed E-state index contributed by atoms with van der Waals surface area (Å²) in [6, 6.07) is 4.54. The van der Waals surface area contributed by atoms with Gasteiger partial charge in [-0.2, -0.15) is 10.2 Å². The minimum atomic E-state index is -1.12. The topological polar surface area (TPSA) is 100 Å². The van der Waals surface area contributed by atoms with Gasteiger partial charge < -0.3 is 15.2 Å². The molecule has 0 aliphatic carbocycles. The number of nitrogens with one attached hydrogen (secondary N) is 1. The Bertz CT molecular complexity index is 685. The lowest BCUT2D eigenvalue weighted by Crippen LogP contribution is -2.18. The first-order valence-corrected chi connectivity index (χ1v) is 7.09. The molecule has 1 aliphatic rings. The fourth-order valence-electron chi connectivity index (χ4n) is 2.22. The Morgan fingerprint density at radius 3 is 2.70 bits per heavy atom. The Kier molecular flexibility index (Phi) is 4.96. The van der Waals surface area contributed by atoms with Gasteiger partial charge >= 0.3 is 5.97 Å². The maximum absolute atomic E-state index is 12.1. The summed E-state index contributed by atoms with van der Waals surface area (Å²) < 4.78 is 5.09. The fraction of sp³-hybridized carbons (Fsp3) is 0.375. The first-order valence-electron chi connectivity index (χ1n) is 7.09. The number of carboxylic acids is 1. The Morgan fingerprint density at radius 2 is 2.13 bits per heavy atom. The van der Waals surface area contributed by atoms with Crippen molar-refractivity contribution in [3.8, 4) is 18.1 Å². The summed E-state index contributed by atoms with van der Waals surface area (Å²) in [5.74, 6) is 1.27. The van der Waals surface area contributed by atoms with Gasteiger partial charge in [0.25, 0.3) is 0 Å². The van der Waals surface area contributed by atoms with Crippen LogP contribution in [-0.4, -0.2) is 29.8 Å². The molecular formula is C16H17N3O4. The number of hydrogen-bond donors (Lipinski definition) is 2. The third kappa shape index (κ3) is 4.07. The summed E-state index contributed by atoms with van der Waals surface area (Å²) in [5, 5.41) is 19.7. The van der Waals surface area contributed by atoms with Crippen molar-refractivity contribution >= 4 is 17.6 Å². The van der Waals surface area contributed by atoms with Crippen LogP contribution in [0.15, 0.2) is 28.4 Å². The maximum atomic E-state index is 12.1. The van der Waals surface area contributed by atoms with E-state index in [1.165, 1.54) is 13.2 Å². The molecule has 0 saturated carbocycles. The van der Waals surface area contributed by atoms with Crippen molar-refractivity contribution in [2.24, 2.45) is 10.2 Å². The van der Waals surface area contributed by atoms with Crippen LogP contribution < -0.4 is 10.1 Å². The Balaban J connectivity index is 1.97. The average molecular weight is 315 g/mol. The van der Waals surface area contributed by atoms with Gasteiger partial charge in [-0.3, -0.25) is 4.79 Å². The Labute approximate surface area is 133 Å². The lowest BCUT2D eigenvalue weighted by molar-refractivity contribution is -0.116. The molecule has 2 rings (SSSR count). The van der Waals surface area contributed by atoms with Gasteiger partial charge in [-0.1, -0.05) is 6.07 Å². The van der Waals surface area contributed by atoms with Crippen LogP contribution in [0.25, 0.3) is 0 Å². The third-order valence-corrected chi connectivity index (χ3v) is 3.53. The van der Waals surface area contributed by atoms with Crippen molar-refractivity contribution < 1.29 is 19.4 Å². The number of terminal acetylenes is 1. The highest BCUT2D eigenvalue weighted by Crippen LogP contribution is 2.37. The van der Waals surface area contributed by atoms with Crippen molar-refractivity contribution in [2.45, 2.75) is 31.3 Å². The molecule has 0 fully saturated rings. The number of benzene rings is 1. The lowest BCUT2D eigenvalue weighted by Gasteiger charge is -2.13. The Hall–Kier alpha value is -2.88. The van der Waals surface area contributed by atoms with Gasteiger partial charge in [-0.15, -0.1) is 12.3 Å². The lowest BCUT2D eigenvalue weighted by atomic mass is 10.0. The van der Waals surface area contributed by atoms with Gasteiger partial charge in [0.15, 0.2) is 11.4 Å². The summed E-state index contributed by atoms with van der Waals surface area (Å²) in [7, 11) is 1.36. The normalized spacial score (nSPS) is 13.9. The van der Waals surface area contributed by atoms with Gasteiger partial charge in [-0.05, 0) is 12.1 Å². The molecule has 1 aliphatic heterocycles.